The number of amides is 2. The molecule has 0 fully saturated rings. The molecule has 2 aliphatic heterocycles. The van der Waals surface area contributed by atoms with Gasteiger partial charge in [0.1, 0.15) is 11.0 Å². The van der Waals surface area contributed by atoms with Gasteiger partial charge in [-0.3, -0.25) is 9.59 Å². The van der Waals surface area contributed by atoms with Crippen LogP contribution >= 0.6 is 11.8 Å². The number of hydrogen-bond donors (Lipinski definition) is 1. The van der Waals surface area contributed by atoms with Crippen LogP contribution < -0.4 is 10.1 Å². The lowest BCUT2D eigenvalue weighted by atomic mass is 9.98. The number of hydrogen-bond acceptors (Lipinski definition) is 6. The highest BCUT2D eigenvalue weighted by Crippen LogP contribution is 2.38. The molecule has 2 aliphatic rings. The molecule has 0 aromatic heterocycles. The van der Waals surface area contributed by atoms with Crippen molar-refractivity contribution in [3.63, 3.8) is 0 Å². The minimum atomic E-state index is -0.590. The first-order valence-electron chi connectivity index (χ1n) is 11.7. The Labute approximate surface area is 214 Å². The molecule has 0 aliphatic carbocycles. The smallest absolute Gasteiger partial charge is 0.262 e. The van der Waals surface area contributed by atoms with Gasteiger partial charge in [-0.05, 0) is 42.3 Å². The van der Waals surface area contributed by atoms with Crippen molar-refractivity contribution in [2.45, 2.75) is 31.1 Å². The third kappa shape index (κ3) is 5.18. The third-order valence-corrected chi connectivity index (χ3v) is 7.29. The number of ether oxygens (including phenoxy) is 1. The van der Waals surface area contributed by atoms with E-state index in [9.17, 15) is 9.59 Å². The lowest BCUT2D eigenvalue weighted by molar-refractivity contribution is -0.121. The summed E-state index contributed by atoms with van der Waals surface area (Å²) < 4.78 is 5.15. The molecule has 0 bridgehead atoms. The van der Waals surface area contributed by atoms with Crippen LogP contribution in [0.25, 0.3) is 0 Å². The van der Waals surface area contributed by atoms with Crippen molar-refractivity contribution in [1.82, 2.24) is 5.01 Å². The number of nitrogens with one attached hydrogen (secondary N) is 1. The van der Waals surface area contributed by atoms with Crippen LogP contribution in [0.4, 0.5) is 5.69 Å². The Morgan fingerprint density at radius 3 is 2.47 bits per heavy atom. The molecule has 0 saturated carbocycles. The number of benzene rings is 3. The second-order valence-corrected chi connectivity index (χ2v) is 9.88. The lowest BCUT2D eigenvalue weighted by Gasteiger charge is -2.23. The molecule has 5 rings (SSSR count). The molecule has 182 valence electrons. The van der Waals surface area contributed by atoms with Crippen molar-refractivity contribution in [3.05, 3.63) is 95.6 Å². The van der Waals surface area contributed by atoms with E-state index < -0.39 is 5.25 Å². The van der Waals surface area contributed by atoms with Gasteiger partial charge in [0.25, 0.3) is 5.91 Å². The average Bonchev–Trinajstić information content (AvgIpc) is 3.49. The Morgan fingerprint density at radius 1 is 1.06 bits per heavy atom. The maximum Gasteiger partial charge on any atom is 0.262 e. The Hall–Kier alpha value is -3.91. The minimum Gasteiger partial charge on any atom is -0.497 e. The standard InChI is InChI=1S/C28H26N4O3S/c1-18-8-10-20(11-9-18)24-16-23(19-6-4-3-5-7-19)31-32(24)28-30-27(34)25(36-28)17-26(33)29-21-12-14-22(35-2)15-13-21/h3-15,24-25H,16-17H2,1-2H3,(H,29,33). The number of aliphatic imine (C=N–C) groups is 1. The number of carbonyl (C=O) groups is 2. The molecule has 2 atom stereocenters. The second kappa shape index (κ2) is 10.4. The van der Waals surface area contributed by atoms with Crippen LogP contribution in [0.5, 0.6) is 5.75 Å². The van der Waals surface area contributed by atoms with E-state index in [-0.39, 0.29) is 24.3 Å². The van der Waals surface area contributed by atoms with Crippen LogP contribution in [0, 0.1) is 6.92 Å². The van der Waals surface area contributed by atoms with Gasteiger partial charge in [0.05, 0.1) is 18.9 Å². The molecule has 8 heteroatoms. The van der Waals surface area contributed by atoms with Crippen LogP contribution in [-0.4, -0.2) is 40.1 Å². The number of thioether (sulfide) groups is 1. The summed E-state index contributed by atoms with van der Waals surface area (Å²) in [7, 11) is 1.59. The maximum atomic E-state index is 12.8. The van der Waals surface area contributed by atoms with Gasteiger partial charge < -0.3 is 10.1 Å². The van der Waals surface area contributed by atoms with Crippen molar-refractivity contribution >= 4 is 40.1 Å². The summed E-state index contributed by atoms with van der Waals surface area (Å²) in [6.45, 7) is 2.05. The zero-order valence-corrected chi connectivity index (χ0v) is 20.9. The number of carbonyl (C=O) groups excluding carboxylic acids is 2. The number of hydrazone groups is 1. The molecule has 0 saturated heterocycles. The number of nitrogens with zero attached hydrogens (tertiary/aromatic N) is 3. The molecule has 2 amide bonds. The van der Waals surface area contributed by atoms with Crippen molar-refractivity contribution in [1.29, 1.82) is 0 Å². The van der Waals surface area contributed by atoms with Crippen LogP contribution in [0.1, 0.15) is 35.6 Å². The highest BCUT2D eigenvalue weighted by molar-refractivity contribution is 8.15. The van der Waals surface area contributed by atoms with Crippen molar-refractivity contribution in [2.24, 2.45) is 10.1 Å². The van der Waals surface area contributed by atoms with Crippen molar-refractivity contribution < 1.29 is 14.3 Å². The van der Waals surface area contributed by atoms with Gasteiger partial charge in [-0.1, -0.05) is 71.9 Å². The maximum absolute atomic E-state index is 12.8. The van der Waals surface area contributed by atoms with E-state index in [2.05, 4.69) is 41.5 Å². The quantitative estimate of drug-likeness (QED) is 0.506. The van der Waals surface area contributed by atoms with Crippen molar-refractivity contribution in [3.8, 4) is 5.75 Å². The molecular formula is C28H26N4O3S. The molecule has 2 unspecified atom stereocenters. The van der Waals surface area contributed by atoms with E-state index in [1.807, 2.05) is 35.3 Å². The molecule has 2 heterocycles. The lowest BCUT2D eigenvalue weighted by Crippen LogP contribution is -2.25. The number of amidine groups is 1. The summed E-state index contributed by atoms with van der Waals surface area (Å²) in [6.07, 6.45) is 0.726. The summed E-state index contributed by atoms with van der Waals surface area (Å²) in [6, 6.07) is 25.4. The highest BCUT2D eigenvalue weighted by Gasteiger charge is 2.39. The summed E-state index contributed by atoms with van der Waals surface area (Å²) in [4.78, 5) is 29.7. The topological polar surface area (TPSA) is 83.4 Å². The molecule has 3 aromatic carbocycles. The fourth-order valence-corrected chi connectivity index (χ4v) is 5.26. The first-order chi connectivity index (χ1) is 17.5. The van der Waals surface area contributed by atoms with E-state index in [4.69, 9.17) is 9.84 Å². The van der Waals surface area contributed by atoms with Crippen LogP contribution in [0.15, 0.2) is 89.0 Å². The Bertz CT molecular complexity index is 1320. The fourth-order valence-electron chi connectivity index (χ4n) is 4.20. The zero-order valence-electron chi connectivity index (χ0n) is 20.0. The fraction of sp³-hybridized carbons (Fsp3) is 0.214. The summed E-state index contributed by atoms with van der Waals surface area (Å²) >= 11 is 1.30. The van der Waals surface area contributed by atoms with Crippen molar-refractivity contribution in [2.75, 3.05) is 12.4 Å². The summed E-state index contributed by atoms with van der Waals surface area (Å²) in [5, 5.41) is 9.51. The van der Waals surface area contributed by atoms with Gasteiger partial charge in [-0.2, -0.15) is 10.1 Å². The Kier molecular flexibility index (Phi) is 6.86. The van der Waals surface area contributed by atoms with Crippen LogP contribution in [0.2, 0.25) is 0 Å². The van der Waals surface area contributed by atoms with Gasteiger partial charge in [-0.25, -0.2) is 5.01 Å². The molecule has 0 spiro atoms. The molecule has 7 nitrogen and oxygen atoms in total. The first-order valence-corrected chi connectivity index (χ1v) is 12.6. The van der Waals surface area contributed by atoms with Crippen LogP contribution in [0.3, 0.4) is 0 Å². The molecule has 1 N–H and O–H groups in total. The van der Waals surface area contributed by atoms with Gasteiger partial charge >= 0.3 is 0 Å². The SMILES string of the molecule is COc1ccc(NC(=O)CC2SC(N3N=C(c4ccccc4)CC3c3ccc(C)cc3)=NC2=O)cc1. The predicted molar refractivity (Wildman–Crippen MR) is 143 cm³/mol. The second-order valence-electron chi connectivity index (χ2n) is 8.71. The van der Waals surface area contributed by atoms with Gasteiger partial charge in [-0.15, -0.1) is 0 Å². The van der Waals surface area contributed by atoms with E-state index in [0.29, 0.717) is 23.0 Å². The third-order valence-electron chi connectivity index (χ3n) is 6.15. The monoisotopic (exact) mass is 498 g/mol. The number of rotatable bonds is 6. The molecular weight excluding hydrogens is 472 g/mol. The van der Waals surface area contributed by atoms with E-state index in [1.54, 1.807) is 31.4 Å². The van der Waals surface area contributed by atoms with Crippen LogP contribution in [-0.2, 0) is 9.59 Å². The van der Waals surface area contributed by atoms with E-state index in [0.717, 1.165) is 16.8 Å². The molecule has 36 heavy (non-hydrogen) atoms. The minimum absolute atomic E-state index is 0.0286. The highest BCUT2D eigenvalue weighted by atomic mass is 32.2. The molecule has 3 aromatic rings. The van der Waals surface area contributed by atoms with E-state index >= 15 is 0 Å². The summed E-state index contributed by atoms with van der Waals surface area (Å²) in [5.41, 5.74) is 4.92. The molecule has 0 radical (unpaired) electrons. The Balaban J connectivity index is 1.32. The zero-order chi connectivity index (χ0) is 25.1. The van der Waals surface area contributed by atoms with Gasteiger partial charge in [0, 0.05) is 18.5 Å². The summed E-state index contributed by atoms with van der Waals surface area (Å²) in [5.74, 6) is 0.148. The number of aryl methyl sites for hydroxylation is 1. The predicted octanol–water partition coefficient (Wildman–Crippen LogP) is 5.18. The van der Waals surface area contributed by atoms with E-state index in [1.165, 1.54) is 17.3 Å². The number of anilines is 1. The van der Waals surface area contributed by atoms with Gasteiger partial charge in [0.15, 0.2) is 5.17 Å². The Morgan fingerprint density at radius 2 is 1.78 bits per heavy atom. The largest absolute Gasteiger partial charge is 0.497 e. The normalized spacial score (nSPS) is 19.2. The first kappa shape index (κ1) is 23.8. The average molecular weight is 499 g/mol. The number of methoxy groups -OCH3 is 1. The van der Waals surface area contributed by atoms with Gasteiger partial charge in [0.2, 0.25) is 5.91 Å².